The smallest absolute Gasteiger partial charge is 0.303 e. The van der Waals surface area contributed by atoms with Crippen LogP contribution in [0.4, 0.5) is 0 Å². The molecule has 2 rings (SSSR count). The van der Waals surface area contributed by atoms with Crippen molar-refractivity contribution in [1.82, 2.24) is 4.98 Å². The lowest BCUT2D eigenvalue weighted by Crippen LogP contribution is -1.96. The van der Waals surface area contributed by atoms with Gasteiger partial charge < -0.3 is 14.3 Å². The Kier molecular flexibility index (Phi) is 3.62. The van der Waals surface area contributed by atoms with E-state index in [0.717, 1.165) is 5.56 Å². The maximum Gasteiger partial charge on any atom is 0.303 e. The Balaban J connectivity index is 2.21. The molecule has 0 saturated heterocycles. The second kappa shape index (κ2) is 5.35. The Labute approximate surface area is 104 Å². The molecule has 0 spiro atoms. The predicted molar refractivity (Wildman–Crippen MR) is 64.4 cm³/mol. The van der Waals surface area contributed by atoms with Gasteiger partial charge in [-0.3, -0.25) is 4.79 Å². The molecule has 0 radical (unpaired) electrons. The number of carbonyl (C=O) groups is 1. The van der Waals surface area contributed by atoms with E-state index in [4.69, 9.17) is 14.3 Å². The average Bonchev–Trinajstić information content (AvgIpc) is 2.85. The average molecular weight is 247 g/mol. The summed E-state index contributed by atoms with van der Waals surface area (Å²) in [5.41, 5.74) is 0.751. The van der Waals surface area contributed by atoms with Crippen molar-refractivity contribution in [1.29, 1.82) is 0 Å². The standard InChI is InChI=1S/C13H13NO4/c1-17-11-5-3-2-4-10(11)13-14-8-9(18-13)6-7-12(15)16/h2-5,8H,6-7H2,1H3,(H,15,16). The molecule has 5 heteroatoms. The number of carboxylic acid groups (broad SMARTS) is 1. The molecule has 5 nitrogen and oxygen atoms in total. The van der Waals surface area contributed by atoms with E-state index in [-0.39, 0.29) is 6.42 Å². The lowest BCUT2D eigenvalue weighted by molar-refractivity contribution is -0.137. The third-order valence-corrected chi connectivity index (χ3v) is 2.48. The molecule has 2 aromatic rings. The van der Waals surface area contributed by atoms with Crippen LogP contribution in [-0.2, 0) is 11.2 Å². The zero-order valence-electron chi connectivity index (χ0n) is 9.92. The Hall–Kier alpha value is -2.30. The van der Waals surface area contributed by atoms with Crippen molar-refractivity contribution in [3.05, 3.63) is 36.2 Å². The monoisotopic (exact) mass is 247 g/mol. The maximum absolute atomic E-state index is 10.5. The second-order valence-corrected chi connectivity index (χ2v) is 3.73. The summed E-state index contributed by atoms with van der Waals surface area (Å²) in [6, 6.07) is 7.37. The van der Waals surface area contributed by atoms with Gasteiger partial charge in [0.05, 0.1) is 25.3 Å². The molecule has 0 bridgehead atoms. The molecule has 0 aliphatic rings. The van der Waals surface area contributed by atoms with E-state index >= 15 is 0 Å². The lowest BCUT2D eigenvalue weighted by atomic mass is 10.2. The van der Waals surface area contributed by atoms with Crippen molar-refractivity contribution in [2.45, 2.75) is 12.8 Å². The lowest BCUT2D eigenvalue weighted by Gasteiger charge is -2.03. The summed E-state index contributed by atoms with van der Waals surface area (Å²) in [4.78, 5) is 14.6. The highest BCUT2D eigenvalue weighted by Crippen LogP contribution is 2.29. The van der Waals surface area contributed by atoms with Crippen molar-refractivity contribution in [3.8, 4) is 17.2 Å². The van der Waals surface area contributed by atoms with Gasteiger partial charge in [-0.15, -0.1) is 0 Å². The Morgan fingerprint density at radius 3 is 2.94 bits per heavy atom. The molecule has 94 valence electrons. The van der Waals surface area contributed by atoms with E-state index in [0.29, 0.717) is 23.8 Å². The minimum atomic E-state index is -0.856. The number of hydrogen-bond donors (Lipinski definition) is 1. The van der Waals surface area contributed by atoms with Gasteiger partial charge in [-0.25, -0.2) is 4.98 Å². The van der Waals surface area contributed by atoms with Crippen LogP contribution in [0.5, 0.6) is 5.75 Å². The molecule has 0 aliphatic carbocycles. The van der Waals surface area contributed by atoms with Crippen LogP contribution >= 0.6 is 0 Å². The van der Waals surface area contributed by atoms with Crippen molar-refractivity contribution < 1.29 is 19.1 Å². The summed E-state index contributed by atoms with van der Waals surface area (Å²) in [6.45, 7) is 0. The van der Waals surface area contributed by atoms with E-state index in [2.05, 4.69) is 4.98 Å². The van der Waals surface area contributed by atoms with Crippen molar-refractivity contribution in [3.63, 3.8) is 0 Å². The van der Waals surface area contributed by atoms with Gasteiger partial charge in [-0.1, -0.05) is 12.1 Å². The van der Waals surface area contributed by atoms with E-state index < -0.39 is 5.97 Å². The minimum Gasteiger partial charge on any atom is -0.496 e. The van der Waals surface area contributed by atoms with Gasteiger partial charge in [-0.2, -0.15) is 0 Å². The zero-order chi connectivity index (χ0) is 13.0. The maximum atomic E-state index is 10.5. The summed E-state index contributed by atoms with van der Waals surface area (Å²) in [5, 5.41) is 8.60. The quantitative estimate of drug-likeness (QED) is 0.878. The van der Waals surface area contributed by atoms with Crippen molar-refractivity contribution >= 4 is 5.97 Å². The zero-order valence-corrected chi connectivity index (χ0v) is 9.92. The van der Waals surface area contributed by atoms with Gasteiger partial charge in [0.15, 0.2) is 0 Å². The second-order valence-electron chi connectivity index (χ2n) is 3.73. The third-order valence-electron chi connectivity index (χ3n) is 2.48. The van der Waals surface area contributed by atoms with Crippen LogP contribution < -0.4 is 4.74 Å². The van der Waals surface area contributed by atoms with Crippen LogP contribution in [0.15, 0.2) is 34.9 Å². The molecule has 0 amide bonds. The van der Waals surface area contributed by atoms with Gasteiger partial charge in [0, 0.05) is 6.42 Å². The Bertz CT molecular complexity index is 547. The topological polar surface area (TPSA) is 72.6 Å². The number of para-hydroxylation sites is 1. The number of aliphatic carboxylic acids is 1. The van der Waals surface area contributed by atoms with Crippen molar-refractivity contribution in [2.24, 2.45) is 0 Å². The number of ether oxygens (including phenoxy) is 1. The Morgan fingerprint density at radius 2 is 2.22 bits per heavy atom. The number of methoxy groups -OCH3 is 1. The third kappa shape index (κ3) is 2.68. The molecule has 18 heavy (non-hydrogen) atoms. The molecule has 0 unspecified atom stereocenters. The molecule has 1 N–H and O–H groups in total. The predicted octanol–water partition coefficient (Wildman–Crippen LogP) is 2.37. The molecule has 0 saturated carbocycles. The van der Waals surface area contributed by atoms with Gasteiger partial charge in [0.2, 0.25) is 5.89 Å². The van der Waals surface area contributed by atoms with Crippen LogP contribution in [0.25, 0.3) is 11.5 Å². The molecular weight excluding hydrogens is 234 g/mol. The minimum absolute atomic E-state index is 0.0283. The van der Waals surface area contributed by atoms with Crippen LogP contribution in [-0.4, -0.2) is 23.2 Å². The van der Waals surface area contributed by atoms with Crippen molar-refractivity contribution in [2.75, 3.05) is 7.11 Å². The number of rotatable bonds is 5. The summed E-state index contributed by atoms with van der Waals surface area (Å²) < 4.78 is 10.7. The number of aryl methyl sites for hydroxylation is 1. The largest absolute Gasteiger partial charge is 0.496 e. The first-order valence-corrected chi connectivity index (χ1v) is 5.50. The van der Waals surface area contributed by atoms with Crippen LogP contribution in [0.2, 0.25) is 0 Å². The first-order valence-electron chi connectivity index (χ1n) is 5.50. The first kappa shape index (κ1) is 12.2. The number of hydrogen-bond acceptors (Lipinski definition) is 4. The van der Waals surface area contributed by atoms with E-state index in [1.165, 1.54) is 0 Å². The highest BCUT2D eigenvalue weighted by Gasteiger charge is 2.11. The number of aromatic nitrogens is 1. The van der Waals surface area contributed by atoms with Gasteiger partial charge >= 0.3 is 5.97 Å². The van der Waals surface area contributed by atoms with E-state index in [1.807, 2.05) is 24.3 Å². The Morgan fingerprint density at radius 1 is 1.44 bits per heavy atom. The normalized spacial score (nSPS) is 10.3. The van der Waals surface area contributed by atoms with Gasteiger partial charge in [0.1, 0.15) is 11.5 Å². The van der Waals surface area contributed by atoms with Gasteiger partial charge in [-0.05, 0) is 12.1 Å². The van der Waals surface area contributed by atoms with Gasteiger partial charge in [0.25, 0.3) is 0 Å². The summed E-state index contributed by atoms with van der Waals surface area (Å²) in [7, 11) is 1.58. The number of oxazole rings is 1. The fourth-order valence-corrected chi connectivity index (χ4v) is 1.60. The molecule has 1 aromatic heterocycles. The summed E-state index contributed by atoms with van der Waals surface area (Å²) >= 11 is 0. The van der Waals surface area contributed by atoms with Crippen LogP contribution in [0, 0.1) is 0 Å². The van der Waals surface area contributed by atoms with Crippen LogP contribution in [0.3, 0.4) is 0 Å². The highest BCUT2D eigenvalue weighted by atomic mass is 16.5. The highest BCUT2D eigenvalue weighted by molar-refractivity contribution is 5.67. The summed E-state index contributed by atoms with van der Waals surface area (Å²) in [6.07, 6.45) is 1.91. The van der Waals surface area contributed by atoms with E-state index in [1.54, 1.807) is 13.3 Å². The number of carboxylic acids is 1. The SMILES string of the molecule is COc1ccccc1-c1ncc(CCC(=O)O)o1. The van der Waals surface area contributed by atoms with E-state index in [9.17, 15) is 4.79 Å². The molecule has 1 aromatic carbocycles. The fourth-order valence-electron chi connectivity index (χ4n) is 1.60. The molecular formula is C13H13NO4. The molecule has 1 heterocycles. The molecule has 0 atom stereocenters. The molecule has 0 aliphatic heterocycles. The first-order chi connectivity index (χ1) is 8.70. The molecule has 0 fully saturated rings. The fraction of sp³-hybridized carbons (Fsp3) is 0.231. The number of nitrogens with zero attached hydrogens (tertiary/aromatic N) is 1. The summed E-state index contributed by atoms with van der Waals surface area (Å²) in [5.74, 6) is 0.806. The number of benzene rings is 1. The van der Waals surface area contributed by atoms with Crippen LogP contribution in [0.1, 0.15) is 12.2 Å².